The zero-order chi connectivity index (χ0) is 21.1. The lowest BCUT2D eigenvalue weighted by Gasteiger charge is -2.34. The van der Waals surface area contributed by atoms with Crippen molar-refractivity contribution in [3.8, 4) is 0 Å². The first-order chi connectivity index (χ1) is 14.4. The Labute approximate surface area is 183 Å². The number of piperazine rings is 1. The maximum atomic E-state index is 12.2. The van der Waals surface area contributed by atoms with Gasteiger partial charge in [-0.25, -0.2) is 9.67 Å². The van der Waals surface area contributed by atoms with Crippen LogP contribution in [0.1, 0.15) is 68.8 Å². The molecule has 1 aliphatic heterocycles. The molecule has 3 heterocycles. The van der Waals surface area contributed by atoms with Crippen molar-refractivity contribution < 1.29 is 0 Å². The summed E-state index contributed by atoms with van der Waals surface area (Å²) in [5.74, 6) is 0.717. The van der Waals surface area contributed by atoms with Crippen molar-refractivity contribution in [2.75, 3.05) is 32.7 Å². The van der Waals surface area contributed by atoms with Crippen LogP contribution in [0.25, 0.3) is 0 Å². The van der Waals surface area contributed by atoms with Gasteiger partial charge in [-0.05, 0) is 18.9 Å². The van der Waals surface area contributed by atoms with Gasteiger partial charge in [0.05, 0.1) is 22.9 Å². The lowest BCUT2D eigenvalue weighted by molar-refractivity contribution is 0.121. The highest BCUT2D eigenvalue weighted by Crippen LogP contribution is 2.35. The van der Waals surface area contributed by atoms with Crippen LogP contribution >= 0.6 is 11.3 Å². The van der Waals surface area contributed by atoms with E-state index in [-0.39, 0.29) is 11.0 Å². The number of hydrogen-bond acceptors (Lipinski definition) is 6. The molecule has 2 aromatic rings. The minimum absolute atomic E-state index is 0.0109. The van der Waals surface area contributed by atoms with Crippen LogP contribution in [-0.2, 0) is 18.5 Å². The standard InChI is InChI=1S/C23H35N5OS/c1-23(2,3)20-8-9-21(29)28(25-20)15-14-26-10-12-27(13-11-26)16-19-17-30-22(24-19)18-6-4-5-7-18/h8-9,17-18H,4-7,10-16H2,1-3H3. The summed E-state index contributed by atoms with van der Waals surface area (Å²) >= 11 is 1.86. The van der Waals surface area contributed by atoms with Crippen molar-refractivity contribution in [3.63, 3.8) is 0 Å². The molecular weight excluding hydrogens is 394 g/mol. The van der Waals surface area contributed by atoms with Gasteiger partial charge >= 0.3 is 0 Å². The summed E-state index contributed by atoms with van der Waals surface area (Å²) in [7, 11) is 0. The molecule has 1 saturated carbocycles. The Balaban J connectivity index is 1.25. The monoisotopic (exact) mass is 429 g/mol. The summed E-state index contributed by atoms with van der Waals surface area (Å²) in [4.78, 5) is 22.1. The molecule has 6 nitrogen and oxygen atoms in total. The third kappa shape index (κ3) is 5.37. The topological polar surface area (TPSA) is 54.3 Å². The zero-order valence-electron chi connectivity index (χ0n) is 18.6. The van der Waals surface area contributed by atoms with Gasteiger partial charge in [-0.3, -0.25) is 14.6 Å². The Morgan fingerprint density at radius 2 is 1.73 bits per heavy atom. The van der Waals surface area contributed by atoms with Crippen molar-refractivity contribution in [2.45, 2.75) is 70.9 Å². The highest BCUT2D eigenvalue weighted by molar-refractivity contribution is 7.09. The van der Waals surface area contributed by atoms with Gasteiger partial charge in [-0.15, -0.1) is 11.3 Å². The first kappa shape index (κ1) is 21.7. The van der Waals surface area contributed by atoms with Crippen molar-refractivity contribution in [3.05, 3.63) is 44.3 Å². The molecular formula is C23H35N5OS. The molecule has 0 radical (unpaired) electrons. The van der Waals surface area contributed by atoms with E-state index in [9.17, 15) is 4.79 Å². The van der Waals surface area contributed by atoms with Gasteiger partial charge in [0.25, 0.3) is 5.56 Å². The lowest BCUT2D eigenvalue weighted by Crippen LogP contribution is -2.47. The second-order valence-electron chi connectivity index (χ2n) is 9.81. The van der Waals surface area contributed by atoms with Gasteiger partial charge in [0, 0.05) is 62.0 Å². The maximum absolute atomic E-state index is 12.2. The number of nitrogens with zero attached hydrogens (tertiary/aromatic N) is 5. The van der Waals surface area contributed by atoms with E-state index < -0.39 is 0 Å². The molecule has 4 rings (SSSR count). The third-order valence-corrected chi connectivity index (χ3v) is 7.44. The van der Waals surface area contributed by atoms with Gasteiger partial charge in [-0.1, -0.05) is 33.6 Å². The van der Waals surface area contributed by atoms with Gasteiger partial charge in [0.1, 0.15) is 0 Å². The summed E-state index contributed by atoms with van der Waals surface area (Å²) < 4.78 is 1.63. The molecule has 0 N–H and O–H groups in total. The fourth-order valence-electron chi connectivity index (χ4n) is 4.40. The van der Waals surface area contributed by atoms with E-state index in [2.05, 4.69) is 41.0 Å². The number of rotatable bonds is 6. The first-order valence-corrected chi connectivity index (χ1v) is 12.2. The van der Waals surface area contributed by atoms with Gasteiger partial charge in [-0.2, -0.15) is 5.10 Å². The highest BCUT2D eigenvalue weighted by atomic mass is 32.1. The van der Waals surface area contributed by atoms with E-state index in [0.29, 0.717) is 6.54 Å². The van der Waals surface area contributed by atoms with E-state index in [1.807, 2.05) is 17.4 Å². The van der Waals surface area contributed by atoms with E-state index in [1.165, 1.54) is 36.4 Å². The van der Waals surface area contributed by atoms with Crippen LogP contribution in [-0.4, -0.2) is 57.3 Å². The molecule has 2 aliphatic rings. The second-order valence-corrected chi connectivity index (χ2v) is 10.7. The Hall–Kier alpha value is -1.57. The average molecular weight is 430 g/mol. The Morgan fingerprint density at radius 1 is 1.03 bits per heavy atom. The third-order valence-electron chi connectivity index (χ3n) is 6.39. The molecule has 1 saturated heterocycles. The van der Waals surface area contributed by atoms with Crippen molar-refractivity contribution in [1.82, 2.24) is 24.6 Å². The molecule has 0 amide bonds. The Morgan fingerprint density at radius 3 is 2.43 bits per heavy atom. The maximum Gasteiger partial charge on any atom is 0.266 e. The molecule has 2 aromatic heterocycles. The van der Waals surface area contributed by atoms with Gasteiger partial charge < -0.3 is 0 Å². The first-order valence-electron chi connectivity index (χ1n) is 11.4. The molecule has 0 aromatic carbocycles. The molecule has 30 heavy (non-hydrogen) atoms. The minimum Gasteiger partial charge on any atom is -0.299 e. The smallest absolute Gasteiger partial charge is 0.266 e. The van der Waals surface area contributed by atoms with Crippen LogP contribution < -0.4 is 5.56 Å². The van der Waals surface area contributed by atoms with Gasteiger partial charge in [0.2, 0.25) is 0 Å². The molecule has 0 spiro atoms. The van der Waals surface area contributed by atoms with Crippen LogP contribution in [0, 0.1) is 0 Å². The van der Waals surface area contributed by atoms with Crippen molar-refractivity contribution >= 4 is 11.3 Å². The van der Waals surface area contributed by atoms with E-state index in [4.69, 9.17) is 4.98 Å². The van der Waals surface area contributed by atoms with Crippen LogP contribution in [0.5, 0.6) is 0 Å². The summed E-state index contributed by atoms with van der Waals surface area (Å²) in [6, 6.07) is 3.51. The van der Waals surface area contributed by atoms with Crippen molar-refractivity contribution in [2.24, 2.45) is 0 Å². The highest BCUT2D eigenvalue weighted by Gasteiger charge is 2.22. The molecule has 0 atom stereocenters. The number of hydrogen-bond donors (Lipinski definition) is 0. The van der Waals surface area contributed by atoms with Crippen LogP contribution in [0.3, 0.4) is 0 Å². The van der Waals surface area contributed by atoms with Crippen LogP contribution in [0.4, 0.5) is 0 Å². The van der Waals surface area contributed by atoms with E-state index in [1.54, 1.807) is 10.7 Å². The number of thiazole rings is 1. The second kappa shape index (κ2) is 9.28. The van der Waals surface area contributed by atoms with Gasteiger partial charge in [0.15, 0.2) is 0 Å². The lowest BCUT2D eigenvalue weighted by atomic mass is 9.92. The summed E-state index contributed by atoms with van der Waals surface area (Å²) in [5.41, 5.74) is 2.15. The minimum atomic E-state index is -0.0472. The summed E-state index contributed by atoms with van der Waals surface area (Å²) in [6.07, 6.45) is 5.37. The quantitative estimate of drug-likeness (QED) is 0.704. The van der Waals surface area contributed by atoms with Crippen LogP contribution in [0.2, 0.25) is 0 Å². The Kier molecular flexibility index (Phi) is 6.70. The number of aromatic nitrogens is 3. The van der Waals surface area contributed by atoms with Crippen molar-refractivity contribution in [1.29, 1.82) is 0 Å². The zero-order valence-corrected chi connectivity index (χ0v) is 19.5. The average Bonchev–Trinajstić information content (AvgIpc) is 3.39. The fraction of sp³-hybridized carbons (Fsp3) is 0.696. The normalized spacial score (nSPS) is 19.6. The van der Waals surface area contributed by atoms with E-state index in [0.717, 1.165) is 50.9 Å². The molecule has 7 heteroatoms. The summed E-state index contributed by atoms with van der Waals surface area (Å²) in [5, 5.41) is 8.22. The predicted molar refractivity (Wildman–Crippen MR) is 122 cm³/mol. The fourth-order valence-corrected chi connectivity index (χ4v) is 5.38. The molecule has 164 valence electrons. The SMILES string of the molecule is CC(C)(C)c1ccc(=O)n(CCN2CCN(Cc3csc(C4CCCC4)n3)CC2)n1. The molecule has 0 bridgehead atoms. The largest absolute Gasteiger partial charge is 0.299 e. The predicted octanol–water partition coefficient (Wildman–Crippen LogP) is 3.47. The Bertz CT molecular complexity index is 885. The van der Waals surface area contributed by atoms with E-state index >= 15 is 0 Å². The van der Waals surface area contributed by atoms with Crippen LogP contribution in [0.15, 0.2) is 22.3 Å². The summed E-state index contributed by atoms with van der Waals surface area (Å²) in [6.45, 7) is 13.1. The molecule has 2 fully saturated rings. The molecule has 0 unspecified atom stereocenters. The molecule has 1 aliphatic carbocycles.